The van der Waals surface area contributed by atoms with E-state index >= 15 is 0 Å². The second-order valence-electron chi connectivity index (χ2n) is 6.43. The Morgan fingerprint density at radius 2 is 1.81 bits per heavy atom. The van der Waals surface area contributed by atoms with Crippen molar-refractivity contribution in [2.75, 3.05) is 0 Å². The maximum atomic E-state index is 3.72. The van der Waals surface area contributed by atoms with Crippen LogP contribution < -0.4 is 5.32 Å². The minimum Gasteiger partial charge on any atom is -0.305 e. The van der Waals surface area contributed by atoms with Crippen LogP contribution in [0.3, 0.4) is 0 Å². The van der Waals surface area contributed by atoms with E-state index in [1.54, 1.807) is 10.4 Å². The SMILES string of the molecule is Cc1cc(C)c(C(C)NCc2cc3c(s2)CCC3)c(C)c1. The second-order valence-corrected chi connectivity index (χ2v) is 7.65. The molecule has 1 N–H and O–H groups in total. The molecule has 0 spiro atoms. The molecule has 21 heavy (non-hydrogen) atoms. The van der Waals surface area contributed by atoms with Crippen LogP contribution in [0.5, 0.6) is 0 Å². The first-order valence-electron chi connectivity index (χ1n) is 7.96. The Hall–Kier alpha value is -1.12. The van der Waals surface area contributed by atoms with Gasteiger partial charge in [-0.05, 0) is 75.3 Å². The summed E-state index contributed by atoms with van der Waals surface area (Å²) in [5, 5.41) is 3.72. The molecular weight excluding hydrogens is 274 g/mol. The summed E-state index contributed by atoms with van der Waals surface area (Å²) in [4.78, 5) is 3.12. The Bertz CT molecular complexity index is 609. The lowest BCUT2D eigenvalue weighted by molar-refractivity contribution is 0.573. The molecule has 2 aromatic rings. The van der Waals surface area contributed by atoms with E-state index in [4.69, 9.17) is 0 Å². The summed E-state index contributed by atoms with van der Waals surface area (Å²) < 4.78 is 0. The van der Waals surface area contributed by atoms with E-state index in [-0.39, 0.29) is 0 Å². The number of rotatable bonds is 4. The van der Waals surface area contributed by atoms with Crippen LogP contribution in [0, 0.1) is 20.8 Å². The van der Waals surface area contributed by atoms with Crippen LogP contribution in [-0.2, 0) is 19.4 Å². The molecule has 0 aliphatic heterocycles. The fourth-order valence-electron chi connectivity index (χ4n) is 3.71. The molecule has 3 rings (SSSR count). The molecule has 1 nitrogen and oxygen atoms in total. The molecular formula is C19H25NS. The first kappa shape index (κ1) is 14.8. The number of thiophene rings is 1. The molecule has 0 radical (unpaired) electrons. The van der Waals surface area contributed by atoms with Gasteiger partial charge in [-0.2, -0.15) is 0 Å². The zero-order chi connectivity index (χ0) is 15.0. The van der Waals surface area contributed by atoms with Gasteiger partial charge in [-0.25, -0.2) is 0 Å². The monoisotopic (exact) mass is 299 g/mol. The van der Waals surface area contributed by atoms with E-state index < -0.39 is 0 Å². The van der Waals surface area contributed by atoms with Crippen LogP contribution in [0.1, 0.15) is 57.0 Å². The Morgan fingerprint density at radius 1 is 1.10 bits per heavy atom. The summed E-state index contributed by atoms with van der Waals surface area (Å²) in [5.41, 5.74) is 7.23. The smallest absolute Gasteiger partial charge is 0.0305 e. The molecule has 0 fully saturated rings. The van der Waals surface area contributed by atoms with Crippen molar-refractivity contribution >= 4 is 11.3 Å². The largest absolute Gasteiger partial charge is 0.305 e. The zero-order valence-electron chi connectivity index (χ0n) is 13.5. The maximum Gasteiger partial charge on any atom is 0.0305 e. The molecule has 0 amide bonds. The van der Waals surface area contributed by atoms with Gasteiger partial charge in [0.05, 0.1) is 0 Å². The molecule has 1 heterocycles. The molecule has 112 valence electrons. The standard InChI is InChI=1S/C19H25NS/c1-12-8-13(2)19(14(3)9-12)15(4)20-11-17-10-16-6-5-7-18(16)21-17/h8-10,15,20H,5-7,11H2,1-4H3. The molecule has 0 saturated heterocycles. The van der Waals surface area contributed by atoms with Crippen LogP contribution >= 0.6 is 11.3 Å². The number of benzene rings is 1. The predicted molar refractivity (Wildman–Crippen MR) is 92.3 cm³/mol. The average Bonchev–Trinajstić information content (AvgIpc) is 2.95. The van der Waals surface area contributed by atoms with Crippen molar-refractivity contribution in [3.63, 3.8) is 0 Å². The summed E-state index contributed by atoms with van der Waals surface area (Å²) in [7, 11) is 0. The van der Waals surface area contributed by atoms with Crippen LogP contribution in [0.25, 0.3) is 0 Å². The second kappa shape index (κ2) is 5.94. The molecule has 1 aliphatic rings. The van der Waals surface area contributed by atoms with Gasteiger partial charge in [-0.3, -0.25) is 0 Å². The van der Waals surface area contributed by atoms with E-state index in [1.807, 2.05) is 11.3 Å². The number of fused-ring (bicyclic) bond motifs is 1. The molecule has 2 heteroatoms. The van der Waals surface area contributed by atoms with Crippen LogP contribution in [0.15, 0.2) is 18.2 Å². The molecule has 0 bridgehead atoms. The zero-order valence-corrected chi connectivity index (χ0v) is 14.4. The topological polar surface area (TPSA) is 12.0 Å². The van der Waals surface area contributed by atoms with Crippen molar-refractivity contribution < 1.29 is 0 Å². The first-order chi connectivity index (χ1) is 10.0. The summed E-state index contributed by atoms with van der Waals surface area (Å²) in [6, 6.07) is 7.41. The van der Waals surface area contributed by atoms with Crippen molar-refractivity contribution in [2.24, 2.45) is 0 Å². The summed E-state index contributed by atoms with van der Waals surface area (Å²) >= 11 is 2.01. The minimum atomic E-state index is 0.405. The normalized spacial score (nSPS) is 15.2. The lowest BCUT2D eigenvalue weighted by Gasteiger charge is -2.19. The van der Waals surface area contributed by atoms with Gasteiger partial charge in [0, 0.05) is 22.3 Å². The fraction of sp³-hybridized carbons (Fsp3) is 0.474. The summed E-state index contributed by atoms with van der Waals surface area (Å²) in [5.74, 6) is 0. The van der Waals surface area contributed by atoms with Gasteiger partial charge in [0.25, 0.3) is 0 Å². The summed E-state index contributed by atoms with van der Waals surface area (Å²) in [6.45, 7) is 9.91. The third-order valence-corrected chi connectivity index (χ3v) is 5.79. The Morgan fingerprint density at radius 3 is 2.48 bits per heavy atom. The van der Waals surface area contributed by atoms with E-state index in [0.717, 1.165) is 6.54 Å². The quantitative estimate of drug-likeness (QED) is 0.836. The Labute approximate surface area is 132 Å². The molecule has 1 aromatic heterocycles. The molecule has 1 atom stereocenters. The van der Waals surface area contributed by atoms with Crippen molar-refractivity contribution in [1.82, 2.24) is 5.32 Å². The van der Waals surface area contributed by atoms with E-state index in [1.165, 1.54) is 46.4 Å². The highest BCUT2D eigenvalue weighted by Gasteiger charge is 2.16. The minimum absolute atomic E-state index is 0.405. The number of hydrogen-bond donors (Lipinski definition) is 1. The lowest BCUT2D eigenvalue weighted by Crippen LogP contribution is -2.19. The fourth-order valence-corrected chi connectivity index (χ4v) is 4.92. The van der Waals surface area contributed by atoms with Crippen molar-refractivity contribution in [2.45, 2.75) is 59.5 Å². The average molecular weight is 299 g/mol. The van der Waals surface area contributed by atoms with E-state index in [2.05, 4.69) is 51.2 Å². The van der Waals surface area contributed by atoms with Gasteiger partial charge in [0.15, 0.2) is 0 Å². The Balaban J connectivity index is 1.70. The van der Waals surface area contributed by atoms with Gasteiger partial charge in [0.2, 0.25) is 0 Å². The molecule has 1 unspecified atom stereocenters. The maximum absolute atomic E-state index is 3.72. The van der Waals surface area contributed by atoms with Crippen molar-refractivity contribution in [3.05, 3.63) is 55.8 Å². The highest BCUT2D eigenvalue weighted by atomic mass is 32.1. The van der Waals surface area contributed by atoms with E-state index in [0.29, 0.717) is 6.04 Å². The first-order valence-corrected chi connectivity index (χ1v) is 8.78. The van der Waals surface area contributed by atoms with Crippen molar-refractivity contribution in [1.29, 1.82) is 0 Å². The number of hydrogen-bond acceptors (Lipinski definition) is 2. The predicted octanol–water partition coefficient (Wildman–Crippen LogP) is 5.01. The number of aryl methyl sites for hydroxylation is 5. The third-order valence-electron chi connectivity index (χ3n) is 4.55. The van der Waals surface area contributed by atoms with Gasteiger partial charge < -0.3 is 5.32 Å². The van der Waals surface area contributed by atoms with Crippen LogP contribution in [-0.4, -0.2) is 0 Å². The van der Waals surface area contributed by atoms with Crippen LogP contribution in [0.4, 0.5) is 0 Å². The van der Waals surface area contributed by atoms with Crippen LogP contribution in [0.2, 0.25) is 0 Å². The molecule has 1 aromatic carbocycles. The van der Waals surface area contributed by atoms with Gasteiger partial charge in [-0.15, -0.1) is 11.3 Å². The highest BCUT2D eigenvalue weighted by Crippen LogP contribution is 2.31. The van der Waals surface area contributed by atoms with E-state index in [9.17, 15) is 0 Å². The number of nitrogens with one attached hydrogen (secondary N) is 1. The van der Waals surface area contributed by atoms with Gasteiger partial charge in [-0.1, -0.05) is 17.7 Å². The summed E-state index contributed by atoms with van der Waals surface area (Å²) in [6.07, 6.45) is 3.94. The molecule has 0 saturated carbocycles. The third kappa shape index (κ3) is 3.07. The highest BCUT2D eigenvalue weighted by molar-refractivity contribution is 7.12. The van der Waals surface area contributed by atoms with Gasteiger partial charge >= 0.3 is 0 Å². The van der Waals surface area contributed by atoms with Crippen molar-refractivity contribution in [3.8, 4) is 0 Å². The van der Waals surface area contributed by atoms with Gasteiger partial charge in [0.1, 0.15) is 0 Å². The lowest BCUT2D eigenvalue weighted by atomic mass is 9.95. The molecule has 1 aliphatic carbocycles. The Kier molecular flexibility index (Phi) is 4.19.